The van der Waals surface area contributed by atoms with Crippen molar-refractivity contribution in [3.05, 3.63) is 33.8 Å². The molecule has 0 aromatic heterocycles. The first-order valence-corrected chi connectivity index (χ1v) is 7.69. The van der Waals surface area contributed by atoms with Crippen molar-refractivity contribution in [2.24, 2.45) is 0 Å². The Balaban J connectivity index is 1.92. The zero-order chi connectivity index (χ0) is 13.8. The first kappa shape index (κ1) is 14.5. The van der Waals surface area contributed by atoms with Gasteiger partial charge in [0, 0.05) is 22.6 Å². The van der Waals surface area contributed by atoms with Crippen LogP contribution in [0, 0.1) is 6.92 Å². The molecule has 1 unspecified atom stereocenters. The highest BCUT2D eigenvalue weighted by atomic mass is 79.9. The molecule has 4 heteroatoms. The van der Waals surface area contributed by atoms with E-state index in [0.29, 0.717) is 6.04 Å². The number of halogens is 1. The van der Waals surface area contributed by atoms with Gasteiger partial charge in [0.05, 0.1) is 0 Å². The zero-order valence-electron chi connectivity index (χ0n) is 11.6. The fourth-order valence-electron chi connectivity index (χ4n) is 2.64. The molecule has 1 saturated heterocycles. The van der Waals surface area contributed by atoms with E-state index in [1.54, 1.807) is 0 Å². The van der Waals surface area contributed by atoms with Gasteiger partial charge in [0.15, 0.2) is 0 Å². The molecule has 1 aromatic carbocycles. The van der Waals surface area contributed by atoms with E-state index < -0.39 is 0 Å². The number of rotatable bonds is 4. The zero-order valence-corrected chi connectivity index (χ0v) is 13.2. The minimum Gasteiger partial charge on any atom is -0.350 e. The van der Waals surface area contributed by atoms with Crippen LogP contribution in [0.25, 0.3) is 0 Å². The summed E-state index contributed by atoms with van der Waals surface area (Å²) < 4.78 is 1.04. The number of hydrogen-bond acceptors (Lipinski definition) is 2. The molecule has 1 fully saturated rings. The highest BCUT2D eigenvalue weighted by Gasteiger charge is 2.23. The summed E-state index contributed by atoms with van der Waals surface area (Å²) >= 11 is 3.45. The molecular weight excluding hydrogens is 304 g/mol. The van der Waals surface area contributed by atoms with E-state index in [4.69, 9.17) is 0 Å². The van der Waals surface area contributed by atoms with Crippen LogP contribution in [0.3, 0.4) is 0 Å². The fourth-order valence-corrected chi connectivity index (χ4v) is 2.89. The number of likely N-dealkylation sites (tertiary alicyclic amines) is 1. The maximum Gasteiger partial charge on any atom is 0.251 e. The third-order valence-corrected chi connectivity index (χ3v) is 4.71. The Morgan fingerprint density at radius 2 is 2.32 bits per heavy atom. The van der Waals surface area contributed by atoms with Crippen molar-refractivity contribution < 1.29 is 4.79 Å². The first-order valence-electron chi connectivity index (χ1n) is 6.90. The molecular formula is C15H21BrN2O. The third kappa shape index (κ3) is 3.57. The van der Waals surface area contributed by atoms with E-state index in [1.807, 2.05) is 25.1 Å². The molecule has 1 N–H and O–H groups in total. The summed E-state index contributed by atoms with van der Waals surface area (Å²) in [4.78, 5) is 14.6. The van der Waals surface area contributed by atoms with E-state index in [1.165, 1.54) is 12.8 Å². The number of nitrogens with zero attached hydrogens (tertiary/aromatic N) is 1. The van der Waals surface area contributed by atoms with Crippen LogP contribution in [-0.2, 0) is 0 Å². The van der Waals surface area contributed by atoms with Gasteiger partial charge in [-0.25, -0.2) is 0 Å². The molecule has 0 spiro atoms. The van der Waals surface area contributed by atoms with Crippen molar-refractivity contribution in [3.8, 4) is 0 Å². The average molecular weight is 325 g/mol. The minimum atomic E-state index is 0.0264. The number of carbonyl (C=O) groups excluding carboxylic acids is 1. The molecule has 19 heavy (non-hydrogen) atoms. The summed E-state index contributed by atoms with van der Waals surface area (Å²) in [6, 6.07) is 6.22. The molecule has 3 nitrogen and oxygen atoms in total. The summed E-state index contributed by atoms with van der Waals surface area (Å²) in [7, 11) is 0. The van der Waals surface area contributed by atoms with Gasteiger partial charge in [0.25, 0.3) is 5.91 Å². The largest absolute Gasteiger partial charge is 0.350 e. The second-order valence-corrected chi connectivity index (χ2v) is 5.95. The molecule has 1 atom stereocenters. The molecule has 104 valence electrons. The number of aryl methyl sites for hydroxylation is 1. The van der Waals surface area contributed by atoms with Gasteiger partial charge in [-0.3, -0.25) is 9.69 Å². The van der Waals surface area contributed by atoms with Crippen molar-refractivity contribution in [2.45, 2.75) is 32.7 Å². The number of carbonyl (C=O) groups is 1. The minimum absolute atomic E-state index is 0.0264. The van der Waals surface area contributed by atoms with Crippen LogP contribution in [0.5, 0.6) is 0 Å². The van der Waals surface area contributed by atoms with Gasteiger partial charge in [0.1, 0.15) is 0 Å². The average Bonchev–Trinajstić information content (AvgIpc) is 2.86. The topological polar surface area (TPSA) is 32.3 Å². The Morgan fingerprint density at radius 3 is 3.00 bits per heavy atom. The number of benzene rings is 1. The molecule has 0 aliphatic carbocycles. The highest BCUT2D eigenvalue weighted by molar-refractivity contribution is 9.10. The van der Waals surface area contributed by atoms with E-state index in [2.05, 4.69) is 33.1 Å². The number of nitrogens with one attached hydrogen (secondary N) is 1. The second kappa shape index (κ2) is 6.53. The molecule has 0 saturated carbocycles. The summed E-state index contributed by atoms with van der Waals surface area (Å²) in [6.07, 6.45) is 2.43. The van der Waals surface area contributed by atoms with Gasteiger partial charge in [-0.15, -0.1) is 0 Å². The van der Waals surface area contributed by atoms with Gasteiger partial charge >= 0.3 is 0 Å². The molecule has 2 rings (SSSR count). The lowest BCUT2D eigenvalue weighted by Crippen LogP contribution is -2.40. The van der Waals surface area contributed by atoms with Gasteiger partial charge in [-0.05, 0) is 56.6 Å². The van der Waals surface area contributed by atoms with Gasteiger partial charge < -0.3 is 5.32 Å². The molecule has 1 heterocycles. The maximum absolute atomic E-state index is 12.1. The van der Waals surface area contributed by atoms with Crippen LogP contribution in [0.15, 0.2) is 22.7 Å². The Kier molecular flexibility index (Phi) is 4.99. The molecule has 1 aliphatic heterocycles. The molecule has 1 aliphatic rings. The molecule has 1 amide bonds. The van der Waals surface area contributed by atoms with E-state index in [9.17, 15) is 4.79 Å². The Bertz CT molecular complexity index is 461. The van der Waals surface area contributed by atoms with Crippen LogP contribution in [0.1, 0.15) is 35.7 Å². The smallest absolute Gasteiger partial charge is 0.251 e. The fraction of sp³-hybridized carbons (Fsp3) is 0.533. The Hall–Kier alpha value is -0.870. The summed E-state index contributed by atoms with van der Waals surface area (Å²) in [5.74, 6) is 0.0264. The normalized spacial score (nSPS) is 19.6. The monoisotopic (exact) mass is 324 g/mol. The van der Waals surface area contributed by atoms with Crippen LogP contribution in [0.4, 0.5) is 0 Å². The van der Waals surface area contributed by atoms with Crippen molar-refractivity contribution in [2.75, 3.05) is 19.6 Å². The Labute approximate surface area is 123 Å². The van der Waals surface area contributed by atoms with E-state index in [-0.39, 0.29) is 5.91 Å². The summed E-state index contributed by atoms with van der Waals surface area (Å²) in [5.41, 5.74) is 1.82. The van der Waals surface area contributed by atoms with Gasteiger partial charge in [-0.2, -0.15) is 0 Å². The molecule has 0 bridgehead atoms. The lowest BCUT2D eigenvalue weighted by atomic mass is 10.1. The third-order valence-electron chi connectivity index (χ3n) is 3.82. The summed E-state index contributed by atoms with van der Waals surface area (Å²) in [6.45, 7) is 7.16. The maximum atomic E-state index is 12.1. The second-order valence-electron chi connectivity index (χ2n) is 5.10. The van der Waals surface area contributed by atoms with Crippen LogP contribution >= 0.6 is 15.9 Å². The van der Waals surface area contributed by atoms with Crippen molar-refractivity contribution >= 4 is 21.8 Å². The van der Waals surface area contributed by atoms with Crippen molar-refractivity contribution in [1.82, 2.24) is 10.2 Å². The van der Waals surface area contributed by atoms with Gasteiger partial charge in [0.2, 0.25) is 0 Å². The SMILES string of the molecule is CCN1CCCC1CNC(=O)c1ccc(Br)c(C)c1. The quantitative estimate of drug-likeness (QED) is 0.923. The number of hydrogen-bond donors (Lipinski definition) is 1. The lowest BCUT2D eigenvalue weighted by molar-refractivity contribution is 0.0941. The van der Waals surface area contributed by atoms with Crippen molar-refractivity contribution in [1.29, 1.82) is 0 Å². The van der Waals surface area contributed by atoms with Crippen molar-refractivity contribution in [3.63, 3.8) is 0 Å². The number of amides is 1. The first-order chi connectivity index (χ1) is 9.11. The van der Waals surface area contributed by atoms with Crippen LogP contribution in [0.2, 0.25) is 0 Å². The summed E-state index contributed by atoms with van der Waals surface area (Å²) in [5, 5.41) is 3.06. The predicted molar refractivity (Wildman–Crippen MR) is 81.5 cm³/mol. The van der Waals surface area contributed by atoms with Crippen LogP contribution in [-0.4, -0.2) is 36.5 Å². The number of likely N-dealkylation sites (N-methyl/N-ethyl adjacent to an activating group) is 1. The van der Waals surface area contributed by atoms with E-state index >= 15 is 0 Å². The highest BCUT2D eigenvalue weighted by Crippen LogP contribution is 2.18. The van der Waals surface area contributed by atoms with Crippen LogP contribution < -0.4 is 5.32 Å². The standard InChI is InChI=1S/C15H21BrN2O/c1-3-18-8-4-5-13(18)10-17-15(19)12-6-7-14(16)11(2)9-12/h6-7,9,13H,3-5,8,10H2,1-2H3,(H,17,19). The van der Waals surface area contributed by atoms with Gasteiger partial charge in [-0.1, -0.05) is 22.9 Å². The Morgan fingerprint density at radius 1 is 1.53 bits per heavy atom. The lowest BCUT2D eigenvalue weighted by Gasteiger charge is -2.22. The molecule has 1 aromatic rings. The molecule has 0 radical (unpaired) electrons. The predicted octanol–water partition coefficient (Wildman–Crippen LogP) is 2.97. The van der Waals surface area contributed by atoms with E-state index in [0.717, 1.165) is 35.2 Å².